The van der Waals surface area contributed by atoms with Crippen LogP contribution in [0.3, 0.4) is 0 Å². The van der Waals surface area contributed by atoms with Crippen LogP contribution >= 0.6 is 0 Å². The highest BCUT2D eigenvalue weighted by molar-refractivity contribution is 5.89. The van der Waals surface area contributed by atoms with Gasteiger partial charge < -0.3 is 10.0 Å². The summed E-state index contributed by atoms with van der Waals surface area (Å²) in [6.07, 6.45) is -1.17. The summed E-state index contributed by atoms with van der Waals surface area (Å²) in [6.45, 7) is 2.05. The third-order valence-corrected chi connectivity index (χ3v) is 4.73. The first-order chi connectivity index (χ1) is 11.3. The lowest BCUT2D eigenvalue weighted by Crippen LogP contribution is -2.30. The highest BCUT2D eigenvalue weighted by atomic mass is 19.4. The van der Waals surface area contributed by atoms with Crippen molar-refractivity contribution in [1.29, 1.82) is 0 Å². The van der Waals surface area contributed by atoms with Crippen molar-refractivity contribution < 1.29 is 23.1 Å². The van der Waals surface area contributed by atoms with Crippen LogP contribution in [0.2, 0.25) is 0 Å². The summed E-state index contributed by atoms with van der Waals surface area (Å²) >= 11 is 0. The summed E-state index contributed by atoms with van der Waals surface area (Å²) in [4.78, 5) is 14.0. The Morgan fingerprint density at radius 1 is 1.33 bits per heavy atom. The molecule has 1 aromatic carbocycles. The van der Waals surface area contributed by atoms with E-state index in [1.54, 1.807) is 12.1 Å². The van der Waals surface area contributed by atoms with E-state index in [4.69, 9.17) is 0 Å². The average molecular weight is 339 g/mol. The molecule has 1 saturated heterocycles. The van der Waals surface area contributed by atoms with Crippen molar-refractivity contribution in [3.8, 4) is 0 Å². The van der Waals surface area contributed by atoms with Crippen LogP contribution in [0.15, 0.2) is 35.9 Å². The quantitative estimate of drug-likeness (QED) is 0.853. The lowest BCUT2D eigenvalue weighted by molar-refractivity contribution is -0.137. The topological polar surface area (TPSA) is 40.5 Å². The van der Waals surface area contributed by atoms with E-state index >= 15 is 0 Å². The maximum atomic E-state index is 12.9. The average Bonchev–Trinajstić information content (AvgIpc) is 3.29. The number of carbonyl (C=O) groups excluding carboxylic acids is 1. The van der Waals surface area contributed by atoms with Gasteiger partial charge in [-0.3, -0.25) is 4.79 Å². The van der Waals surface area contributed by atoms with Gasteiger partial charge in [0.05, 0.1) is 17.7 Å². The molecule has 130 valence electrons. The third-order valence-electron chi connectivity index (χ3n) is 4.73. The summed E-state index contributed by atoms with van der Waals surface area (Å²) in [5.74, 6) is 0.215. The number of nitrogens with zero attached hydrogens (tertiary/aromatic N) is 1. The van der Waals surface area contributed by atoms with Gasteiger partial charge in [0.1, 0.15) is 0 Å². The molecule has 3 nitrogen and oxygen atoms in total. The summed E-state index contributed by atoms with van der Waals surface area (Å²) in [7, 11) is 0. The van der Waals surface area contributed by atoms with E-state index in [0.717, 1.165) is 30.5 Å². The largest absolute Gasteiger partial charge is 0.416 e. The fraction of sp³-hybridized carbons (Fsp3) is 0.500. The Morgan fingerprint density at radius 2 is 2.04 bits per heavy atom. The van der Waals surface area contributed by atoms with Gasteiger partial charge in [0, 0.05) is 12.6 Å². The SMILES string of the molecule is C/C(=C\C(=O)N1CC(O)CC1c1cccc(C(F)(F)F)c1)C1CC1. The molecule has 1 N–H and O–H groups in total. The molecule has 0 bridgehead atoms. The van der Waals surface area contributed by atoms with Gasteiger partial charge >= 0.3 is 6.18 Å². The lowest BCUT2D eigenvalue weighted by atomic mass is 10.0. The molecule has 3 rings (SSSR count). The maximum Gasteiger partial charge on any atom is 0.416 e. The van der Waals surface area contributed by atoms with Crippen molar-refractivity contribution in [3.05, 3.63) is 47.0 Å². The summed E-state index contributed by atoms with van der Waals surface area (Å²) in [5.41, 5.74) is 0.676. The molecule has 0 radical (unpaired) electrons. The molecule has 0 spiro atoms. The number of β-amino-alcohol motifs (C(OH)–C–C–N with tert-alkyl or cyclic N) is 1. The third kappa shape index (κ3) is 3.64. The number of halogens is 3. The van der Waals surface area contributed by atoms with Crippen LogP contribution in [0, 0.1) is 5.92 Å². The van der Waals surface area contributed by atoms with Gasteiger partial charge in [-0.1, -0.05) is 17.7 Å². The van der Waals surface area contributed by atoms with E-state index in [-0.39, 0.29) is 18.9 Å². The number of hydrogen-bond donors (Lipinski definition) is 1. The second-order valence-electron chi connectivity index (χ2n) is 6.68. The molecule has 1 heterocycles. The highest BCUT2D eigenvalue weighted by Gasteiger charge is 2.37. The Kier molecular flexibility index (Phi) is 4.42. The number of rotatable bonds is 3. The van der Waals surface area contributed by atoms with Gasteiger partial charge in [0.2, 0.25) is 5.91 Å². The Hall–Kier alpha value is -1.82. The molecule has 2 unspecified atom stereocenters. The Balaban J connectivity index is 1.85. The number of alkyl halides is 3. The van der Waals surface area contributed by atoms with Crippen molar-refractivity contribution in [2.45, 2.75) is 44.5 Å². The van der Waals surface area contributed by atoms with Crippen molar-refractivity contribution in [2.75, 3.05) is 6.54 Å². The minimum Gasteiger partial charge on any atom is -0.391 e. The number of amides is 1. The number of allylic oxidation sites excluding steroid dienone is 1. The van der Waals surface area contributed by atoms with E-state index in [9.17, 15) is 23.1 Å². The van der Waals surface area contributed by atoms with Crippen molar-refractivity contribution in [2.24, 2.45) is 5.92 Å². The number of likely N-dealkylation sites (tertiary alicyclic amines) is 1. The molecule has 24 heavy (non-hydrogen) atoms. The normalized spacial score (nSPS) is 25.2. The maximum absolute atomic E-state index is 12.9. The van der Waals surface area contributed by atoms with Crippen LogP contribution in [-0.2, 0) is 11.0 Å². The molecule has 6 heteroatoms. The summed E-state index contributed by atoms with van der Waals surface area (Å²) in [6, 6.07) is 4.48. The van der Waals surface area contributed by atoms with Crippen LogP contribution in [-0.4, -0.2) is 28.6 Å². The van der Waals surface area contributed by atoms with E-state index in [2.05, 4.69) is 0 Å². The predicted molar refractivity (Wildman–Crippen MR) is 83.0 cm³/mol. The Morgan fingerprint density at radius 3 is 2.67 bits per heavy atom. The highest BCUT2D eigenvalue weighted by Crippen LogP contribution is 2.38. The summed E-state index contributed by atoms with van der Waals surface area (Å²) < 4.78 is 38.7. The standard InChI is InChI=1S/C18H20F3NO2/c1-11(12-5-6-12)7-17(24)22-10-15(23)9-16(22)13-3-2-4-14(8-13)18(19,20)21/h2-4,7-8,12,15-16,23H,5-6,9-10H2,1H3/b11-7+. The van der Waals surface area contributed by atoms with Gasteiger partial charge in [0.15, 0.2) is 0 Å². The predicted octanol–water partition coefficient (Wildman–Crippen LogP) is 3.70. The van der Waals surface area contributed by atoms with Crippen LogP contribution in [0.5, 0.6) is 0 Å². The van der Waals surface area contributed by atoms with E-state index in [1.165, 1.54) is 11.0 Å². The van der Waals surface area contributed by atoms with Gasteiger partial charge in [-0.25, -0.2) is 0 Å². The first-order valence-corrected chi connectivity index (χ1v) is 8.09. The molecule has 2 aliphatic rings. The number of aliphatic hydroxyl groups excluding tert-OH is 1. The fourth-order valence-corrected chi connectivity index (χ4v) is 3.23. The van der Waals surface area contributed by atoms with Crippen molar-refractivity contribution in [1.82, 2.24) is 4.90 Å². The van der Waals surface area contributed by atoms with Crippen LogP contribution in [0.25, 0.3) is 0 Å². The smallest absolute Gasteiger partial charge is 0.391 e. The molecule has 1 saturated carbocycles. The van der Waals surface area contributed by atoms with E-state index < -0.39 is 23.9 Å². The number of benzene rings is 1. The molecule has 2 atom stereocenters. The number of carbonyl (C=O) groups is 1. The summed E-state index contributed by atoms with van der Waals surface area (Å²) in [5, 5.41) is 9.93. The van der Waals surface area contributed by atoms with Crippen LogP contribution in [0.4, 0.5) is 13.2 Å². The first kappa shape index (κ1) is 17.0. The Bertz CT molecular complexity index is 664. The molecule has 1 aliphatic carbocycles. The first-order valence-electron chi connectivity index (χ1n) is 8.09. The monoisotopic (exact) mass is 339 g/mol. The zero-order valence-electron chi connectivity index (χ0n) is 13.4. The molecule has 0 aromatic heterocycles. The number of hydrogen-bond acceptors (Lipinski definition) is 2. The van der Waals surface area contributed by atoms with Gasteiger partial charge in [-0.15, -0.1) is 0 Å². The van der Waals surface area contributed by atoms with Gasteiger partial charge in [-0.05, 0) is 49.8 Å². The second kappa shape index (κ2) is 6.24. The molecular formula is C18H20F3NO2. The van der Waals surface area contributed by atoms with Crippen molar-refractivity contribution in [3.63, 3.8) is 0 Å². The second-order valence-corrected chi connectivity index (χ2v) is 6.68. The Labute approximate surface area is 138 Å². The molecule has 1 aliphatic heterocycles. The van der Waals surface area contributed by atoms with Crippen molar-refractivity contribution >= 4 is 5.91 Å². The van der Waals surface area contributed by atoms with Crippen LogP contribution < -0.4 is 0 Å². The van der Waals surface area contributed by atoms with Gasteiger partial charge in [0.25, 0.3) is 0 Å². The molecule has 1 amide bonds. The zero-order chi connectivity index (χ0) is 17.5. The minimum atomic E-state index is -4.43. The fourth-order valence-electron chi connectivity index (χ4n) is 3.23. The lowest BCUT2D eigenvalue weighted by Gasteiger charge is -2.24. The number of aliphatic hydroxyl groups is 1. The minimum absolute atomic E-state index is 0.147. The van der Waals surface area contributed by atoms with E-state index in [0.29, 0.717) is 11.5 Å². The molecule has 2 fully saturated rings. The molecular weight excluding hydrogens is 319 g/mol. The van der Waals surface area contributed by atoms with Crippen LogP contribution in [0.1, 0.15) is 43.4 Å². The zero-order valence-corrected chi connectivity index (χ0v) is 13.4. The molecule has 1 aromatic rings. The van der Waals surface area contributed by atoms with E-state index in [1.807, 2.05) is 6.92 Å². The van der Waals surface area contributed by atoms with Gasteiger partial charge in [-0.2, -0.15) is 13.2 Å².